The summed E-state index contributed by atoms with van der Waals surface area (Å²) in [5.74, 6) is -6.20. The standard InChI is InChI=1S/C16H8Br2F7S/c1-8-4-2-3-5-10(8)13-11(18)6-9(17)7-12(13)26-16(24,25)14(19,20)15(21,22)23/h2-5,7H,1H3. The molecule has 0 fully saturated rings. The lowest BCUT2D eigenvalue weighted by Crippen LogP contribution is -2.49. The fourth-order valence-corrected chi connectivity index (χ4v) is 4.68. The Balaban J connectivity index is 2.63. The molecule has 1 radical (unpaired) electrons. The molecule has 0 saturated heterocycles. The summed E-state index contributed by atoms with van der Waals surface area (Å²) >= 11 is 5.25. The van der Waals surface area contributed by atoms with Gasteiger partial charge in [-0.05, 0) is 51.8 Å². The van der Waals surface area contributed by atoms with Gasteiger partial charge < -0.3 is 0 Å². The third-order valence-corrected chi connectivity index (χ3v) is 5.40. The highest BCUT2D eigenvalue weighted by Gasteiger charge is 2.73. The first kappa shape index (κ1) is 21.6. The molecule has 0 atom stereocenters. The quantitative estimate of drug-likeness (QED) is 0.289. The first-order chi connectivity index (χ1) is 11.8. The van der Waals surface area contributed by atoms with Crippen LogP contribution in [0.15, 0.2) is 44.2 Å². The second-order valence-electron chi connectivity index (χ2n) is 5.18. The van der Waals surface area contributed by atoms with Crippen molar-refractivity contribution in [3.8, 4) is 11.1 Å². The largest absolute Gasteiger partial charge is 0.460 e. The van der Waals surface area contributed by atoms with Crippen LogP contribution in [0, 0.1) is 13.0 Å². The highest BCUT2D eigenvalue weighted by atomic mass is 79.9. The summed E-state index contributed by atoms with van der Waals surface area (Å²) < 4.78 is 91.9. The normalized spacial score (nSPS) is 13.2. The zero-order valence-electron chi connectivity index (χ0n) is 12.7. The van der Waals surface area contributed by atoms with Crippen molar-refractivity contribution >= 4 is 43.6 Å². The van der Waals surface area contributed by atoms with Gasteiger partial charge >= 0.3 is 17.4 Å². The summed E-state index contributed by atoms with van der Waals surface area (Å²) in [5.41, 5.74) is 1.07. The number of hydrogen-bond acceptors (Lipinski definition) is 1. The molecule has 2 aromatic carbocycles. The summed E-state index contributed by atoms with van der Waals surface area (Å²) in [4.78, 5) is -0.453. The van der Waals surface area contributed by atoms with Gasteiger partial charge in [0.1, 0.15) is 0 Å². The topological polar surface area (TPSA) is 0 Å². The van der Waals surface area contributed by atoms with Crippen LogP contribution in [-0.4, -0.2) is 17.4 Å². The number of hydrogen-bond donors (Lipinski definition) is 0. The number of thioether (sulfide) groups is 1. The molecule has 0 N–H and O–H groups in total. The number of halogens is 9. The number of aryl methyl sites for hydroxylation is 1. The van der Waals surface area contributed by atoms with Gasteiger partial charge in [-0.1, -0.05) is 40.2 Å². The van der Waals surface area contributed by atoms with Gasteiger partial charge in [0.25, 0.3) is 0 Å². The van der Waals surface area contributed by atoms with Gasteiger partial charge in [-0.25, -0.2) is 0 Å². The fourth-order valence-electron chi connectivity index (χ4n) is 2.05. The zero-order valence-corrected chi connectivity index (χ0v) is 16.7. The number of rotatable bonds is 4. The average Bonchev–Trinajstić information content (AvgIpc) is 2.46. The maximum absolute atomic E-state index is 13.9. The number of alkyl halides is 7. The molecule has 0 nitrogen and oxygen atoms in total. The zero-order chi connectivity index (χ0) is 19.9. The Kier molecular flexibility index (Phi) is 6.09. The summed E-state index contributed by atoms with van der Waals surface area (Å²) in [6.07, 6.45) is -6.39. The highest BCUT2D eigenvalue weighted by Crippen LogP contribution is 2.56. The van der Waals surface area contributed by atoms with E-state index in [0.29, 0.717) is 11.1 Å². The summed E-state index contributed by atoms with van der Waals surface area (Å²) in [7, 11) is 0. The van der Waals surface area contributed by atoms with Crippen molar-refractivity contribution in [1.29, 1.82) is 0 Å². The Morgan fingerprint density at radius 1 is 0.962 bits per heavy atom. The van der Waals surface area contributed by atoms with E-state index in [9.17, 15) is 30.7 Å². The highest BCUT2D eigenvalue weighted by molar-refractivity contribution is 9.11. The van der Waals surface area contributed by atoms with E-state index in [-0.39, 0.29) is 14.5 Å². The van der Waals surface area contributed by atoms with Crippen LogP contribution in [0.4, 0.5) is 30.7 Å². The summed E-state index contributed by atoms with van der Waals surface area (Å²) in [6, 6.07) is 10.2. The predicted molar refractivity (Wildman–Crippen MR) is 92.7 cm³/mol. The van der Waals surface area contributed by atoms with Crippen molar-refractivity contribution in [3.63, 3.8) is 0 Å². The van der Waals surface area contributed by atoms with E-state index in [2.05, 4.69) is 37.9 Å². The van der Waals surface area contributed by atoms with Crippen LogP contribution in [0.1, 0.15) is 5.56 Å². The minimum Gasteiger partial charge on any atom is -0.188 e. The first-order valence-corrected chi connectivity index (χ1v) is 9.17. The van der Waals surface area contributed by atoms with Crippen molar-refractivity contribution in [3.05, 3.63) is 50.9 Å². The molecular weight excluding hydrogens is 517 g/mol. The molecule has 0 amide bonds. The second kappa shape index (κ2) is 7.35. The molecule has 141 valence electrons. The van der Waals surface area contributed by atoms with E-state index < -0.39 is 34.0 Å². The smallest absolute Gasteiger partial charge is 0.188 e. The predicted octanol–water partition coefficient (Wildman–Crippen LogP) is 7.87. The van der Waals surface area contributed by atoms with Gasteiger partial charge in [-0.15, -0.1) is 0 Å². The van der Waals surface area contributed by atoms with Gasteiger partial charge in [0.2, 0.25) is 0 Å². The van der Waals surface area contributed by atoms with E-state index in [4.69, 9.17) is 0 Å². The Morgan fingerprint density at radius 3 is 2.08 bits per heavy atom. The van der Waals surface area contributed by atoms with E-state index in [1.807, 2.05) is 0 Å². The van der Waals surface area contributed by atoms with Crippen molar-refractivity contribution in [2.75, 3.05) is 0 Å². The van der Waals surface area contributed by atoms with Crippen LogP contribution in [-0.2, 0) is 0 Å². The van der Waals surface area contributed by atoms with Crippen LogP contribution >= 0.6 is 43.6 Å². The van der Waals surface area contributed by atoms with E-state index in [1.54, 1.807) is 31.2 Å². The van der Waals surface area contributed by atoms with E-state index in [1.165, 1.54) is 0 Å². The molecule has 0 aromatic heterocycles. The van der Waals surface area contributed by atoms with Gasteiger partial charge in [0.15, 0.2) is 0 Å². The molecule has 0 spiro atoms. The van der Waals surface area contributed by atoms with E-state index >= 15 is 0 Å². The Bertz CT molecular complexity index is 819. The summed E-state index contributed by atoms with van der Waals surface area (Å²) in [6.45, 7) is 1.65. The molecule has 0 aliphatic heterocycles. The van der Waals surface area contributed by atoms with Crippen LogP contribution in [0.3, 0.4) is 0 Å². The molecule has 0 aliphatic rings. The third-order valence-electron chi connectivity index (χ3n) is 3.33. The average molecular weight is 525 g/mol. The van der Waals surface area contributed by atoms with Crippen molar-refractivity contribution in [2.45, 2.75) is 29.2 Å². The maximum Gasteiger partial charge on any atom is 0.460 e. The fraction of sp³-hybridized carbons (Fsp3) is 0.250. The Hall–Kier alpha value is -0.740. The van der Waals surface area contributed by atoms with Crippen molar-refractivity contribution in [2.24, 2.45) is 0 Å². The SMILES string of the molecule is Cc1ccccc1-c1c(Br)[c]c(Br)cc1SC(F)(F)C(F)(F)C(F)(F)F. The van der Waals surface area contributed by atoms with Gasteiger partial charge in [0.05, 0.1) is 0 Å². The minimum absolute atomic E-state index is 0.0500. The lowest BCUT2D eigenvalue weighted by molar-refractivity contribution is -0.330. The molecule has 0 bridgehead atoms. The lowest BCUT2D eigenvalue weighted by Gasteiger charge is -2.28. The van der Waals surface area contributed by atoms with Gasteiger partial charge in [-0.3, -0.25) is 0 Å². The Morgan fingerprint density at radius 2 is 1.54 bits per heavy atom. The molecule has 0 saturated carbocycles. The maximum atomic E-state index is 13.9. The summed E-state index contributed by atoms with van der Waals surface area (Å²) in [5, 5.41) is -5.41. The minimum atomic E-state index is -6.39. The van der Waals surface area contributed by atoms with Crippen molar-refractivity contribution in [1.82, 2.24) is 0 Å². The second-order valence-corrected chi connectivity index (χ2v) is 7.98. The third kappa shape index (κ3) is 4.06. The van der Waals surface area contributed by atoms with Crippen LogP contribution in [0.25, 0.3) is 11.1 Å². The molecular formula is C16H8Br2F7S. The molecule has 0 heterocycles. The van der Waals surface area contributed by atoms with Gasteiger partial charge in [-0.2, -0.15) is 30.7 Å². The first-order valence-electron chi connectivity index (χ1n) is 6.76. The number of benzene rings is 2. The molecule has 2 aromatic rings. The van der Waals surface area contributed by atoms with E-state index in [0.717, 1.165) is 6.07 Å². The van der Waals surface area contributed by atoms with Gasteiger partial charge in [0, 0.05) is 25.5 Å². The lowest BCUT2D eigenvalue weighted by atomic mass is 10.0. The molecule has 10 heteroatoms. The van der Waals surface area contributed by atoms with Crippen LogP contribution in [0.2, 0.25) is 0 Å². The van der Waals surface area contributed by atoms with Crippen LogP contribution in [0.5, 0.6) is 0 Å². The monoisotopic (exact) mass is 523 g/mol. The Labute approximate surface area is 165 Å². The molecule has 2 rings (SSSR count). The molecule has 26 heavy (non-hydrogen) atoms. The molecule has 0 unspecified atom stereocenters. The molecule has 0 aliphatic carbocycles. The van der Waals surface area contributed by atoms with Crippen molar-refractivity contribution < 1.29 is 30.7 Å². The van der Waals surface area contributed by atoms with Crippen LogP contribution < -0.4 is 0 Å².